The van der Waals surface area contributed by atoms with Gasteiger partial charge < -0.3 is 5.11 Å². The monoisotopic (exact) mass is 300 g/mol. The van der Waals surface area contributed by atoms with Gasteiger partial charge in [-0.1, -0.05) is 42.5 Å². The van der Waals surface area contributed by atoms with Crippen LogP contribution in [0.3, 0.4) is 0 Å². The Bertz CT molecular complexity index is 612. The minimum Gasteiger partial charge on any atom is -0.378 e. The fraction of sp³-hybridized carbons (Fsp3) is 0.125. The number of hydrogen-bond donors (Lipinski definition) is 2. The van der Waals surface area contributed by atoms with Crippen LogP contribution in [-0.4, -0.2) is 23.5 Å². The third-order valence-corrected chi connectivity index (χ3v) is 3.61. The summed E-state index contributed by atoms with van der Waals surface area (Å²) in [6.07, 6.45) is 2.33. The highest BCUT2D eigenvalue weighted by atomic mass is 32.2. The summed E-state index contributed by atoms with van der Waals surface area (Å²) in [5.74, 6) is -0.557. The van der Waals surface area contributed by atoms with E-state index in [9.17, 15) is 9.90 Å². The number of nitrogens with zero attached hydrogens (tertiary/aromatic N) is 1. The first-order valence-corrected chi connectivity index (χ1v) is 7.63. The van der Waals surface area contributed by atoms with Crippen LogP contribution in [0.1, 0.15) is 17.2 Å². The number of hydrogen-bond acceptors (Lipinski definition) is 4. The molecule has 5 heteroatoms. The van der Waals surface area contributed by atoms with E-state index in [1.807, 2.05) is 36.6 Å². The number of nitrogens with one attached hydrogen (secondary N) is 1. The molecule has 0 heterocycles. The second-order valence-corrected chi connectivity index (χ2v) is 5.20. The molecule has 2 aromatic rings. The van der Waals surface area contributed by atoms with E-state index in [0.717, 1.165) is 10.5 Å². The standard InChI is InChI=1S/C16H16N2O2S/c1-21-14-9-7-12(8-10-14)11-17-18-16(20)15(19)13-5-3-2-4-6-13/h2-11,15,19H,1H3,(H,18,20)/b17-11-/t15-/m0/s1. The highest BCUT2D eigenvalue weighted by Crippen LogP contribution is 2.14. The van der Waals surface area contributed by atoms with Gasteiger partial charge in [0.1, 0.15) is 0 Å². The summed E-state index contributed by atoms with van der Waals surface area (Å²) >= 11 is 1.66. The van der Waals surface area contributed by atoms with E-state index in [-0.39, 0.29) is 0 Å². The second-order valence-electron chi connectivity index (χ2n) is 4.32. The van der Waals surface area contributed by atoms with Gasteiger partial charge in [-0.2, -0.15) is 5.10 Å². The van der Waals surface area contributed by atoms with Crippen LogP contribution in [-0.2, 0) is 4.79 Å². The number of hydrazone groups is 1. The molecule has 0 aromatic heterocycles. The highest BCUT2D eigenvalue weighted by molar-refractivity contribution is 7.98. The Morgan fingerprint density at radius 3 is 2.48 bits per heavy atom. The Morgan fingerprint density at radius 1 is 1.19 bits per heavy atom. The first kappa shape index (κ1) is 15.3. The predicted octanol–water partition coefficient (Wildman–Crippen LogP) is 2.59. The zero-order valence-electron chi connectivity index (χ0n) is 11.6. The molecule has 0 saturated carbocycles. The second kappa shape index (κ2) is 7.61. The molecule has 0 radical (unpaired) electrons. The number of aliphatic hydroxyl groups is 1. The quantitative estimate of drug-likeness (QED) is 0.507. The lowest BCUT2D eigenvalue weighted by atomic mass is 10.1. The summed E-state index contributed by atoms with van der Waals surface area (Å²) < 4.78 is 0. The van der Waals surface area contributed by atoms with E-state index >= 15 is 0 Å². The molecule has 0 aliphatic rings. The minimum atomic E-state index is -1.22. The summed E-state index contributed by atoms with van der Waals surface area (Å²) in [6, 6.07) is 16.5. The molecule has 0 bridgehead atoms. The average molecular weight is 300 g/mol. The lowest BCUT2D eigenvalue weighted by Gasteiger charge is -2.08. The summed E-state index contributed by atoms with van der Waals surface area (Å²) in [7, 11) is 0. The van der Waals surface area contributed by atoms with Crippen LogP contribution < -0.4 is 5.43 Å². The van der Waals surface area contributed by atoms with E-state index in [1.54, 1.807) is 42.2 Å². The summed E-state index contributed by atoms with van der Waals surface area (Å²) in [6.45, 7) is 0. The number of thioether (sulfide) groups is 1. The maximum Gasteiger partial charge on any atom is 0.273 e. The van der Waals surface area contributed by atoms with Crippen LogP contribution in [0.2, 0.25) is 0 Å². The van der Waals surface area contributed by atoms with E-state index in [4.69, 9.17) is 0 Å². The van der Waals surface area contributed by atoms with Crippen LogP contribution in [0.15, 0.2) is 64.6 Å². The average Bonchev–Trinajstić information content (AvgIpc) is 2.55. The number of aliphatic hydroxyl groups excluding tert-OH is 1. The number of rotatable bonds is 5. The maximum absolute atomic E-state index is 11.8. The molecule has 4 nitrogen and oxygen atoms in total. The third-order valence-electron chi connectivity index (χ3n) is 2.87. The molecule has 2 N–H and O–H groups in total. The zero-order chi connectivity index (χ0) is 15.1. The molecule has 2 rings (SSSR count). The fourth-order valence-corrected chi connectivity index (χ4v) is 2.12. The summed E-state index contributed by atoms with van der Waals surface area (Å²) in [5, 5.41) is 13.7. The van der Waals surface area contributed by atoms with E-state index < -0.39 is 12.0 Å². The molecule has 1 amide bonds. The molecule has 0 aliphatic heterocycles. The molecule has 0 spiro atoms. The normalized spacial score (nSPS) is 12.3. The minimum absolute atomic E-state index is 0.537. The molecular formula is C16H16N2O2S. The zero-order valence-corrected chi connectivity index (χ0v) is 12.4. The van der Waals surface area contributed by atoms with Crippen molar-refractivity contribution in [3.8, 4) is 0 Å². The van der Waals surface area contributed by atoms with Crippen molar-refractivity contribution in [1.82, 2.24) is 5.43 Å². The highest BCUT2D eigenvalue weighted by Gasteiger charge is 2.15. The Morgan fingerprint density at radius 2 is 1.86 bits per heavy atom. The molecule has 0 fully saturated rings. The van der Waals surface area contributed by atoms with Crippen molar-refractivity contribution >= 4 is 23.9 Å². The van der Waals surface area contributed by atoms with Gasteiger partial charge in [-0.3, -0.25) is 4.79 Å². The van der Waals surface area contributed by atoms with Crippen molar-refractivity contribution in [3.63, 3.8) is 0 Å². The van der Waals surface area contributed by atoms with Crippen molar-refractivity contribution < 1.29 is 9.90 Å². The Labute approximate surface area is 127 Å². The Kier molecular flexibility index (Phi) is 5.54. The van der Waals surface area contributed by atoms with E-state index in [0.29, 0.717) is 5.56 Å². The SMILES string of the molecule is CSc1ccc(/C=N\NC(=O)[C@@H](O)c2ccccc2)cc1. The van der Waals surface area contributed by atoms with Crippen LogP contribution >= 0.6 is 11.8 Å². The van der Waals surface area contributed by atoms with Gasteiger partial charge in [0, 0.05) is 4.90 Å². The molecule has 2 aromatic carbocycles. The topological polar surface area (TPSA) is 61.7 Å². The molecule has 108 valence electrons. The fourth-order valence-electron chi connectivity index (χ4n) is 1.71. The van der Waals surface area contributed by atoms with Crippen LogP contribution in [0.4, 0.5) is 0 Å². The van der Waals surface area contributed by atoms with Crippen LogP contribution in [0.25, 0.3) is 0 Å². The van der Waals surface area contributed by atoms with Crippen LogP contribution in [0, 0.1) is 0 Å². The van der Waals surface area contributed by atoms with Gasteiger partial charge in [-0.15, -0.1) is 11.8 Å². The molecule has 0 unspecified atom stereocenters. The van der Waals surface area contributed by atoms with Crippen molar-refractivity contribution in [2.75, 3.05) is 6.26 Å². The summed E-state index contributed by atoms with van der Waals surface area (Å²) in [5.41, 5.74) is 3.75. The van der Waals surface area contributed by atoms with Gasteiger partial charge >= 0.3 is 0 Å². The summed E-state index contributed by atoms with van der Waals surface area (Å²) in [4.78, 5) is 12.9. The number of amides is 1. The van der Waals surface area contributed by atoms with Gasteiger partial charge in [0.05, 0.1) is 6.21 Å². The van der Waals surface area contributed by atoms with Crippen LogP contribution in [0.5, 0.6) is 0 Å². The molecule has 21 heavy (non-hydrogen) atoms. The molecule has 1 atom stereocenters. The van der Waals surface area contributed by atoms with Gasteiger partial charge in [0.25, 0.3) is 5.91 Å². The maximum atomic E-state index is 11.8. The van der Waals surface area contributed by atoms with Gasteiger partial charge in [0.15, 0.2) is 6.10 Å². The van der Waals surface area contributed by atoms with Crippen molar-refractivity contribution in [2.24, 2.45) is 5.10 Å². The van der Waals surface area contributed by atoms with Crippen molar-refractivity contribution in [1.29, 1.82) is 0 Å². The Balaban J connectivity index is 1.92. The lowest BCUT2D eigenvalue weighted by Crippen LogP contribution is -2.25. The predicted molar refractivity (Wildman–Crippen MR) is 85.4 cm³/mol. The lowest BCUT2D eigenvalue weighted by molar-refractivity contribution is -0.129. The van der Waals surface area contributed by atoms with Crippen molar-refractivity contribution in [2.45, 2.75) is 11.0 Å². The van der Waals surface area contributed by atoms with Gasteiger partial charge in [-0.25, -0.2) is 5.43 Å². The van der Waals surface area contributed by atoms with Crippen molar-refractivity contribution in [3.05, 3.63) is 65.7 Å². The molecular weight excluding hydrogens is 284 g/mol. The Hall–Kier alpha value is -2.11. The third kappa shape index (κ3) is 4.44. The first-order chi connectivity index (χ1) is 10.2. The molecule has 0 aliphatic carbocycles. The van der Waals surface area contributed by atoms with E-state index in [2.05, 4.69) is 10.5 Å². The number of benzene rings is 2. The number of carbonyl (C=O) groups excluding carboxylic acids is 1. The van der Waals surface area contributed by atoms with Gasteiger partial charge in [-0.05, 0) is 29.5 Å². The van der Waals surface area contributed by atoms with E-state index in [1.165, 1.54) is 0 Å². The first-order valence-electron chi connectivity index (χ1n) is 6.40. The smallest absolute Gasteiger partial charge is 0.273 e. The van der Waals surface area contributed by atoms with Gasteiger partial charge in [0.2, 0.25) is 0 Å². The largest absolute Gasteiger partial charge is 0.378 e. The number of carbonyl (C=O) groups is 1. The molecule has 0 saturated heterocycles.